The minimum atomic E-state index is 0.0389. The summed E-state index contributed by atoms with van der Waals surface area (Å²) in [6, 6.07) is 5.71. The number of ether oxygens (including phenoxy) is 2. The molecule has 1 aromatic rings. The molecule has 0 saturated carbocycles. The molecule has 0 bridgehead atoms. The Labute approximate surface area is 96.3 Å². The average Bonchev–Trinajstić information content (AvgIpc) is 2.30. The minimum Gasteiger partial charge on any atom is -0.490 e. The third kappa shape index (κ3) is 3.59. The fraction of sp³-hybridized carbons (Fsp3) is 0.385. The first-order chi connectivity index (χ1) is 7.81. The molecular weight excluding hydrogens is 204 g/mol. The standard InChI is InChI=1S/C13H18O3/c1-3-15-12-8-7-11(6-5-9-14)10-13(12)16-4-2/h5-8,10,14H,3-4,9H2,1-2H3. The molecule has 1 N–H and O–H groups in total. The van der Waals surface area contributed by atoms with E-state index >= 15 is 0 Å². The van der Waals surface area contributed by atoms with Gasteiger partial charge in [-0.1, -0.05) is 18.2 Å². The van der Waals surface area contributed by atoms with E-state index in [9.17, 15) is 0 Å². The molecule has 0 aliphatic carbocycles. The van der Waals surface area contributed by atoms with Crippen LogP contribution < -0.4 is 9.47 Å². The van der Waals surface area contributed by atoms with Gasteiger partial charge in [-0.3, -0.25) is 0 Å². The first-order valence-corrected chi connectivity index (χ1v) is 5.48. The lowest BCUT2D eigenvalue weighted by Gasteiger charge is -2.11. The molecule has 0 aromatic heterocycles. The zero-order valence-corrected chi connectivity index (χ0v) is 9.77. The first-order valence-electron chi connectivity index (χ1n) is 5.48. The van der Waals surface area contributed by atoms with Crippen LogP contribution in [0.2, 0.25) is 0 Å². The Morgan fingerprint density at radius 1 is 1.12 bits per heavy atom. The summed E-state index contributed by atoms with van der Waals surface area (Å²) in [5.74, 6) is 1.50. The molecule has 3 nitrogen and oxygen atoms in total. The predicted molar refractivity (Wildman–Crippen MR) is 64.9 cm³/mol. The molecule has 0 aliphatic heterocycles. The number of aliphatic hydroxyl groups is 1. The average molecular weight is 222 g/mol. The maximum Gasteiger partial charge on any atom is 0.161 e. The summed E-state index contributed by atoms with van der Waals surface area (Å²) in [5, 5.41) is 8.70. The monoisotopic (exact) mass is 222 g/mol. The number of hydrogen-bond donors (Lipinski definition) is 1. The summed E-state index contributed by atoms with van der Waals surface area (Å²) >= 11 is 0. The van der Waals surface area contributed by atoms with Crippen molar-refractivity contribution < 1.29 is 14.6 Å². The topological polar surface area (TPSA) is 38.7 Å². The molecule has 0 atom stereocenters. The number of hydrogen-bond acceptors (Lipinski definition) is 3. The summed E-state index contributed by atoms with van der Waals surface area (Å²) < 4.78 is 10.9. The van der Waals surface area contributed by atoms with Crippen molar-refractivity contribution >= 4 is 6.08 Å². The SMILES string of the molecule is CCOc1ccc(C=CCO)cc1OCC. The molecule has 0 unspecified atom stereocenters. The maximum absolute atomic E-state index is 8.70. The van der Waals surface area contributed by atoms with Gasteiger partial charge in [0.25, 0.3) is 0 Å². The van der Waals surface area contributed by atoms with Gasteiger partial charge in [0.15, 0.2) is 11.5 Å². The normalized spacial score (nSPS) is 10.7. The van der Waals surface area contributed by atoms with Crippen molar-refractivity contribution in [2.45, 2.75) is 13.8 Å². The quantitative estimate of drug-likeness (QED) is 0.803. The van der Waals surface area contributed by atoms with Crippen LogP contribution in [0.25, 0.3) is 6.08 Å². The van der Waals surface area contributed by atoms with E-state index in [1.54, 1.807) is 6.08 Å². The van der Waals surface area contributed by atoms with Gasteiger partial charge in [0.05, 0.1) is 19.8 Å². The molecule has 16 heavy (non-hydrogen) atoms. The second kappa shape index (κ2) is 6.90. The molecule has 88 valence electrons. The third-order valence-corrected chi connectivity index (χ3v) is 1.98. The van der Waals surface area contributed by atoms with Gasteiger partial charge in [0.1, 0.15) is 0 Å². The third-order valence-electron chi connectivity index (χ3n) is 1.98. The Balaban J connectivity index is 2.92. The summed E-state index contributed by atoms with van der Waals surface area (Å²) in [6.07, 6.45) is 3.53. The molecule has 0 heterocycles. The van der Waals surface area contributed by atoms with Gasteiger partial charge >= 0.3 is 0 Å². The van der Waals surface area contributed by atoms with Crippen molar-refractivity contribution in [2.24, 2.45) is 0 Å². The summed E-state index contributed by atoms with van der Waals surface area (Å²) in [6.45, 7) is 5.14. The zero-order chi connectivity index (χ0) is 11.8. The molecule has 0 radical (unpaired) electrons. The highest BCUT2D eigenvalue weighted by atomic mass is 16.5. The smallest absolute Gasteiger partial charge is 0.161 e. The van der Waals surface area contributed by atoms with Crippen LogP contribution in [-0.2, 0) is 0 Å². The lowest BCUT2D eigenvalue weighted by atomic mass is 10.2. The Kier molecular flexibility index (Phi) is 5.43. The van der Waals surface area contributed by atoms with E-state index in [1.807, 2.05) is 38.1 Å². The lowest BCUT2D eigenvalue weighted by Crippen LogP contribution is -1.98. The molecular formula is C13H18O3. The maximum atomic E-state index is 8.70. The Morgan fingerprint density at radius 3 is 2.44 bits per heavy atom. The van der Waals surface area contributed by atoms with E-state index in [4.69, 9.17) is 14.6 Å². The van der Waals surface area contributed by atoms with Crippen LogP contribution in [0.1, 0.15) is 19.4 Å². The zero-order valence-electron chi connectivity index (χ0n) is 9.77. The second-order valence-corrected chi connectivity index (χ2v) is 3.16. The molecule has 0 amide bonds. The van der Waals surface area contributed by atoms with Crippen LogP contribution in [0.5, 0.6) is 11.5 Å². The van der Waals surface area contributed by atoms with Crippen LogP contribution >= 0.6 is 0 Å². The predicted octanol–water partition coefficient (Wildman–Crippen LogP) is 2.49. The summed E-state index contributed by atoms with van der Waals surface area (Å²) in [7, 11) is 0. The summed E-state index contributed by atoms with van der Waals surface area (Å²) in [5.41, 5.74) is 0.987. The molecule has 1 rings (SSSR count). The van der Waals surface area contributed by atoms with Crippen LogP contribution in [0.15, 0.2) is 24.3 Å². The first kappa shape index (κ1) is 12.6. The van der Waals surface area contributed by atoms with Crippen molar-refractivity contribution in [2.75, 3.05) is 19.8 Å². The highest BCUT2D eigenvalue weighted by Gasteiger charge is 2.04. The fourth-order valence-corrected chi connectivity index (χ4v) is 1.36. The van der Waals surface area contributed by atoms with Gasteiger partial charge in [0.2, 0.25) is 0 Å². The van der Waals surface area contributed by atoms with Crippen molar-refractivity contribution in [3.8, 4) is 11.5 Å². The lowest BCUT2D eigenvalue weighted by molar-refractivity contribution is 0.287. The molecule has 0 fully saturated rings. The van der Waals surface area contributed by atoms with Crippen molar-refractivity contribution in [3.05, 3.63) is 29.8 Å². The van der Waals surface area contributed by atoms with Gasteiger partial charge in [-0.2, -0.15) is 0 Å². The largest absolute Gasteiger partial charge is 0.490 e. The van der Waals surface area contributed by atoms with Crippen LogP contribution in [0.3, 0.4) is 0 Å². The van der Waals surface area contributed by atoms with Crippen LogP contribution in [0, 0.1) is 0 Å². The van der Waals surface area contributed by atoms with E-state index < -0.39 is 0 Å². The van der Waals surface area contributed by atoms with Crippen molar-refractivity contribution in [1.82, 2.24) is 0 Å². The molecule has 0 spiro atoms. The van der Waals surface area contributed by atoms with E-state index in [-0.39, 0.29) is 6.61 Å². The van der Waals surface area contributed by atoms with Gasteiger partial charge in [-0.05, 0) is 31.5 Å². The highest BCUT2D eigenvalue weighted by molar-refractivity contribution is 5.55. The Bertz CT molecular complexity index is 345. The number of benzene rings is 1. The van der Waals surface area contributed by atoms with E-state index in [1.165, 1.54) is 0 Å². The van der Waals surface area contributed by atoms with Gasteiger partial charge in [0, 0.05) is 0 Å². The van der Waals surface area contributed by atoms with E-state index in [0.717, 1.165) is 17.1 Å². The van der Waals surface area contributed by atoms with Crippen LogP contribution in [-0.4, -0.2) is 24.9 Å². The van der Waals surface area contributed by atoms with Crippen molar-refractivity contribution in [1.29, 1.82) is 0 Å². The van der Waals surface area contributed by atoms with E-state index in [2.05, 4.69) is 0 Å². The second-order valence-electron chi connectivity index (χ2n) is 3.16. The number of aliphatic hydroxyl groups excluding tert-OH is 1. The van der Waals surface area contributed by atoms with E-state index in [0.29, 0.717) is 13.2 Å². The van der Waals surface area contributed by atoms with Crippen LogP contribution in [0.4, 0.5) is 0 Å². The Morgan fingerprint density at radius 2 is 1.81 bits per heavy atom. The molecule has 0 saturated heterocycles. The number of rotatable bonds is 6. The summed E-state index contributed by atoms with van der Waals surface area (Å²) in [4.78, 5) is 0. The van der Waals surface area contributed by atoms with Gasteiger partial charge < -0.3 is 14.6 Å². The fourth-order valence-electron chi connectivity index (χ4n) is 1.36. The molecule has 3 heteroatoms. The molecule has 1 aromatic carbocycles. The minimum absolute atomic E-state index is 0.0389. The molecule has 0 aliphatic rings. The Hall–Kier alpha value is -1.48. The highest BCUT2D eigenvalue weighted by Crippen LogP contribution is 2.28. The van der Waals surface area contributed by atoms with Crippen molar-refractivity contribution in [3.63, 3.8) is 0 Å². The van der Waals surface area contributed by atoms with Gasteiger partial charge in [-0.25, -0.2) is 0 Å². The van der Waals surface area contributed by atoms with Gasteiger partial charge in [-0.15, -0.1) is 0 Å².